The Bertz CT molecular complexity index is 626. The number of benzene rings is 1. The van der Waals surface area contributed by atoms with Crippen LogP contribution in [0.25, 0.3) is 0 Å². The van der Waals surface area contributed by atoms with Crippen LogP contribution < -0.4 is 11.1 Å². The van der Waals surface area contributed by atoms with Crippen LogP contribution in [0.15, 0.2) is 24.3 Å². The van der Waals surface area contributed by atoms with Crippen molar-refractivity contribution >= 4 is 17.9 Å². The summed E-state index contributed by atoms with van der Waals surface area (Å²) in [5.74, 6) is -1.94. The molecule has 23 heavy (non-hydrogen) atoms. The van der Waals surface area contributed by atoms with Gasteiger partial charge in [0, 0.05) is 5.56 Å². The van der Waals surface area contributed by atoms with Crippen molar-refractivity contribution in [3.05, 3.63) is 35.6 Å². The molecule has 124 valence electrons. The second-order valence-corrected chi connectivity index (χ2v) is 5.67. The van der Waals surface area contributed by atoms with Crippen molar-refractivity contribution in [2.45, 2.75) is 44.1 Å². The summed E-state index contributed by atoms with van der Waals surface area (Å²) in [7, 11) is 0. The van der Waals surface area contributed by atoms with Gasteiger partial charge in [-0.25, -0.2) is 9.18 Å². The van der Waals surface area contributed by atoms with E-state index in [9.17, 15) is 18.8 Å². The van der Waals surface area contributed by atoms with Crippen molar-refractivity contribution in [1.29, 1.82) is 0 Å². The molecule has 0 aliphatic heterocycles. The topological polar surface area (TPSA) is 98.5 Å². The Labute approximate surface area is 133 Å². The van der Waals surface area contributed by atoms with Gasteiger partial charge in [0.25, 0.3) is 5.91 Å². The van der Waals surface area contributed by atoms with E-state index < -0.39 is 35.2 Å². The second-order valence-electron chi connectivity index (χ2n) is 5.67. The maximum absolute atomic E-state index is 14.2. The minimum Gasteiger partial charge on any atom is -0.452 e. The van der Waals surface area contributed by atoms with Gasteiger partial charge >= 0.3 is 12.0 Å². The van der Waals surface area contributed by atoms with Crippen LogP contribution in [0.4, 0.5) is 9.18 Å². The van der Waals surface area contributed by atoms with Crippen LogP contribution in [0.2, 0.25) is 0 Å². The summed E-state index contributed by atoms with van der Waals surface area (Å²) in [6.45, 7) is 1.33. The van der Waals surface area contributed by atoms with E-state index in [1.807, 2.05) is 5.32 Å². The van der Waals surface area contributed by atoms with Gasteiger partial charge in [0.15, 0.2) is 6.10 Å². The third-order valence-electron chi connectivity index (χ3n) is 4.14. The Kier molecular flexibility index (Phi) is 4.98. The van der Waals surface area contributed by atoms with Crippen LogP contribution in [0.1, 0.15) is 38.2 Å². The largest absolute Gasteiger partial charge is 0.452 e. The molecule has 3 amide bonds. The average Bonchev–Trinajstić information content (AvgIpc) is 2.97. The summed E-state index contributed by atoms with van der Waals surface area (Å²) in [5, 5.41) is 1.85. The summed E-state index contributed by atoms with van der Waals surface area (Å²) < 4.78 is 19.4. The molecule has 1 fully saturated rings. The maximum atomic E-state index is 14.2. The Morgan fingerprint density at radius 3 is 2.43 bits per heavy atom. The predicted molar refractivity (Wildman–Crippen MR) is 79.8 cm³/mol. The average molecular weight is 322 g/mol. The van der Waals surface area contributed by atoms with Crippen LogP contribution in [-0.2, 0) is 19.7 Å². The Morgan fingerprint density at radius 2 is 1.87 bits per heavy atom. The van der Waals surface area contributed by atoms with E-state index in [0.29, 0.717) is 12.8 Å². The number of esters is 1. The first-order chi connectivity index (χ1) is 10.9. The van der Waals surface area contributed by atoms with E-state index in [1.54, 1.807) is 18.2 Å². The molecule has 0 aromatic heterocycles. The smallest absolute Gasteiger partial charge is 0.318 e. The maximum Gasteiger partial charge on any atom is 0.318 e. The van der Waals surface area contributed by atoms with Gasteiger partial charge in [0.2, 0.25) is 0 Å². The number of nitrogens with one attached hydrogen (secondary N) is 1. The Hall–Kier alpha value is -2.44. The first-order valence-corrected chi connectivity index (χ1v) is 7.43. The van der Waals surface area contributed by atoms with Gasteiger partial charge in [-0.05, 0) is 25.8 Å². The summed E-state index contributed by atoms with van der Waals surface area (Å²) in [6, 6.07) is 5.05. The highest BCUT2D eigenvalue weighted by atomic mass is 19.1. The fraction of sp³-hybridized carbons (Fsp3) is 0.438. The lowest BCUT2D eigenvalue weighted by Gasteiger charge is -2.28. The third-order valence-corrected chi connectivity index (χ3v) is 4.14. The minimum absolute atomic E-state index is 0.282. The molecule has 0 unspecified atom stereocenters. The normalized spacial score (nSPS) is 17.3. The molecule has 1 saturated carbocycles. The van der Waals surface area contributed by atoms with E-state index in [4.69, 9.17) is 10.5 Å². The van der Waals surface area contributed by atoms with Crippen molar-refractivity contribution < 1.29 is 23.5 Å². The van der Waals surface area contributed by atoms with E-state index in [-0.39, 0.29) is 5.56 Å². The summed E-state index contributed by atoms with van der Waals surface area (Å²) in [6.07, 6.45) is 1.25. The summed E-state index contributed by atoms with van der Waals surface area (Å²) >= 11 is 0. The lowest BCUT2D eigenvalue weighted by atomic mass is 9.78. The number of rotatable bonds is 4. The molecule has 1 aromatic carbocycles. The standard InChI is InChI=1S/C16H19FN2O4/c1-10(13(20)19-15(18)22)23-14(21)16(8-4-5-9-16)11-6-2-3-7-12(11)17/h2-3,6-7,10H,4-5,8-9H2,1H3,(H3,18,19,20,22)/t10-/m1/s1. The van der Waals surface area contributed by atoms with Crippen molar-refractivity contribution in [1.82, 2.24) is 5.32 Å². The molecule has 0 saturated heterocycles. The molecule has 1 aliphatic rings. The number of carbonyl (C=O) groups excluding carboxylic acids is 3. The monoisotopic (exact) mass is 322 g/mol. The number of primary amides is 1. The fourth-order valence-corrected chi connectivity index (χ4v) is 2.96. The third kappa shape index (κ3) is 3.49. The summed E-state index contributed by atoms with van der Waals surface area (Å²) in [5.41, 5.74) is 4.05. The molecule has 7 heteroatoms. The summed E-state index contributed by atoms with van der Waals surface area (Å²) in [4.78, 5) is 35.0. The first kappa shape index (κ1) is 16.9. The predicted octanol–water partition coefficient (Wildman–Crippen LogP) is 1.76. The van der Waals surface area contributed by atoms with E-state index in [2.05, 4.69) is 0 Å². The van der Waals surface area contributed by atoms with Crippen molar-refractivity contribution in [3.63, 3.8) is 0 Å². The molecule has 1 atom stereocenters. The van der Waals surface area contributed by atoms with Gasteiger partial charge in [0.05, 0.1) is 5.41 Å². The second kappa shape index (κ2) is 6.76. The van der Waals surface area contributed by atoms with Crippen molar-refractivity contribution in [3.8, 4) is 0 Å². The molecule has 0 spiro atoms. The van der Waals surface area contributed by atoms with Crippen LogP contribution in [0.3, 0.4) is 0 Å². The number of hydrogen-bond acceptors (Lipinski definition) is 4. The molecule has 1 aliphatic carbocycles. The number of ether oxygens (including phenoxy) is 1. The van der Waals surface area contributed by atoms with Crippen molar-refractivity contribution in [2.24, 2.45) is 5.73 Å². The van der Waals surface area contributed by atoms with Crippen LogP contribution in [0, 0.1) is 5.82 Å². The van der Waals surface area contributed by atoms with Gasteiger partial charge < -0.3 is 10.5 Å². The number of nitrogens with two attached hydrogens (primary N) is 1. The van der Waals surface area contributed by atoms with Crippen LogP contribution in [-0.4, -0.2) is 24.0 Å². The SMILES string of the molecule is C[C@@H](OC(=O)C1(c2ccccc2F)CCCC1)C(=O)NC(N)=O. The lowest BCUT2D eigenvalue weighted by molar-refractivity contribution is -0.160. The zero-order chi connectivity index (χ0) is 17.0. The molecule has 0 bridgehead atoms. The Morgan fingerprint density at radius 1 is 1.26 bits per heavy atom. The zero-order valence-electron chi connectivity index (χ0n) is 12.8. The van der Waals surface area contributed by atoms with Gasteiger partial charge in [-0.3, -0.25) is 14.9 Å². The molecule has 0 radical (unpaired) electrons. The first-order valence-electron chi connectivity index (χ1n) is 7.43. The van der Waals surface area contributed by atoms with Crippen LogP contribution in [0.5, 0.6) is 0 Å². The number of urea groups is 1. The van der Waals surface area contributed by atoms with E-state index in [1.165, 1.54) is 13.0 Å². The molecular formula is C16H19FN2O4. The number of amides is 3. The molecular weight excluding hydrogens is 303 g/mol. The molecule has 6 nitrogen and oxygen atoms in total. The minimum atomic E-state index is -1.20. The number of imide groups is 1. The molecule has 1 aromatic rings. The fourth-order valence-electron chi connectivity index (χ4n) is 2.96. The van der Waals surface area contributed by atoms with E-state index in [0.717, 1.165) is 12.8 Å². The highest BCUT2D eigenvalue weighted by Gasteiger charge is 2.46. The zero-order valence-corrected chi connectivity index (χ0v) is 12.8. The van der Waals surface area contributed by atoms with Crippen molar-refractivity contribution in [2.75, 3.05) is 0 Å². The number of hydrogen-bond donors (Lipinski definition) is 2. The van der Waals surface area contributed by atoms with Gasteiger partial charge in [0.1, 0.15) is 5.82 Å². The highest BCUT2D eigenvalue weighted by Crippen LogP contribution is 2.43. The quantitative estimate of drug-likeness (QED) is 0.825. The van der Waals surface area contributed by atoms with E-state index >= 15 is 0 Å². The van der Waals surface area contributed by atoms with Gasteiger partial charge in [-0.15, -0.1) is 0 Å². The van der Waals surface area contributed by atoms with Crippen LogP contribution >= 0.6 is 0 Å². The van der Waals surface area contributed by atoms with Gasteiger partial charge in [-0.2, -0.15) is 0 Å². The number of carbonyl (C=O) groups is 3. The molecule has 0 heterocycles. The lowest BCUT2D eigenvalue weighted by Crippen LogP contribution is -2.45. The van der Waals surface area contributed by atoms with Gasteiger partial charge in [-0.1, -0.05) is 31.0 Å². The Balaban J connectivity index is 2.22. The number of halogens is 1. The molecule has 2 rings (SSSR count). The molecule has 3 N–H and O–H groups in total. The highest BCUT2D eigenvalue weighted by molar-refractivity contribution is 5.97.